The Balaban J connectivity index is 2.60. The molecule has 0 saturated carbocycles. The number of hydrogen-bond donors (Lipinski definition) is 1. The number of benzene rings is 1. The van der Waals surface area contributed by atoms with Crippen LogP contribution in [0.1, 0.15) is 44.6 Å². The first-order valence-corrected chi connectivity index (χ1v) is 7.49. The van der Waals surface area contributed by atoms with Gasteiger partial charge < -0.3 is 10.1 Å². The van der Waals surface area contributed by atoms with Crippen molar-refractivity contribution in [3.05, 3.63) is 34.9 Å². The van der Waals surface area contributed by atoms with Crippen molar-refractivity contribution in [2.45, 2.75) is 45.1 Å². The minimum Gasteiger partial charge on any atom is -0.385 e. The van der Waals surface area contributed by atoms with Crippen molar-refractivity contribution in [1.82, 2.24) is 5.32 Å². The van der Waals surface area contributed by atoms with Gasteiger partial charge in [0.1, 0.15) is 0 Å². The number of halogens is 1. The normalized spacial score (nSPS) is 12.9. The summed E-state index contributed by atoms with van der Waals surface area (Å²) >= 11 is 6.32. The predicted octanol–water partition coefficient (Wildman–Crippen LogP) is 4.24. The van der Waals surface area contributed by atoms with Crippen LogP contribution in [-0.4, -0.2) is 26.3 Å². The molecule has 2 nitrogen and oxygen atoms in total. The number of methoxy groups -OCH3 is 1. The minimum atomic E-state index is 0.480. The SMILES string of the molecule is COCCCCC(CNC(C)C)c1ccccc1Cl. The summed E-state index contributed by atoms with van der Waals surface area (Å²) in [5, 5.41) is 4.40. The molecule has 1 atom stereocenters. The predicted molar refractivity (Wildman–Crippen MR) is 83.1 cm³/mol. The van der Waals surface area contributed by atoms with Crippen molar-refractivity contribution in [3.63, 3.8) is 0 Å². The summed E-state index contributed by atoms with van der Waals surface area (Å²) in [6.07, 6.45) is 3.43. The average Bonchev–Trinajstić information content (AvgIpc) is 2.39. The zero-order valence-electron chi connectivity index (χ0n) is 12.3. The Hall–Kier alpha value is -0.570. The second-order valence-corrected chi connectivity index (χ2v) is 5.68. The number of nitrogens with one attached hydrogen (secondary N) is 1. The van der Waals surface area contributed by atoms with E-state index in [-0.39, 0.29) is 0 Å². The van der Waals surface area contributed by atoms with Crippen LogP contribution in [0.25, 0.3) is 0 Å². The first-order valence-electron chi connectivity index (χ1n) is 7.12. The quantitative estimate of drug-likeness (QED) is 0.685. The molecule has 1 rings (SSSR count). The van der Waals surface area contributed by atoms with Gasteiger partial charge in [0.05, 0.1) is 0 Å². The average molecular weight is 284 g/mol. The molecule has 1 unspecified atom stereocenters. The summed E-state index contributed by atoms with van der Waals surface area (Å²) in [5.74, 6) is 0.480. The maximum Gasteiger partial charge on any atom is 0.0462 e. The molecule has 1 aromatic carbocycles. The molecule has 108 valence electrons. The van der Waals surface area contributed by atoms with E-state index in [0.29, 0.717) is 12.0 Å². The molecule has 0 aliphatic heterocycles. The van der Waals surface area contributed by atoms with E-state index in [0.717, 1.165) is 31.0 Å². The molecule has 0 fully saturated rings. The topological polar surface area (TPSA) is 21.3 Å². The van der Waals surface area contributed by atoms with E-state index < -0.39 is 0 Å². The van der Waals surface area contributed by atoms with Gasteiger partial charge in [-0.3, -0.25) is 0 Å². The second kappa shape index (κ2) is 9.35. The monoisotopic (exact) mass is 283 g/mol. The molecule has 19 heavy (non-hydrogen) atoms. The lowest BCUT2D eigenvalue weighted by Crippen LogP contribution is -2.28. The summed E-state index contributed by atoms with van der Waals surface area (Å²) in [6, 6.07) is 8.69. The Bertz CT molecular complexity index is 354. The van der Waals surface area contributed by atoms with Crippen LogP contribution in [0.3, 0.4) is 0 Å². The van der Waals surface area contributed by atoms with E-state index in [9.17, 15) is 0 Å². The molecule has 1 N–H and O–H groups in total. The summed E-state index contributed by atoms with van der Waals surface area (Å²) < 4.78 is 5.11. The van der Waals surface area contributed by atoms with Crippen LogP contribution in [0.2, 0.25) is 5.02 Å². The van der Waals surface area contributed by atoms with Gasteiger partial charge in [0.15, 0.2) is 0 Å². The number of ether oxygens (including phenoxy) is 1. The van der Waals surface area contributed by atoms with Gasteiger partial charge in [-0.05, 0) is 30.4 Å². The van der Waals surface area contributed by atoms with Gasteiger partial charge in [-0.2, -0.15) is 0 Å². The molecule has 0 aliphatic rings. The van der Waals surface area contributed by atoms with E-state index in [1.807, 2.05) is 12.1 Å². The lowest BCUT2D eigenvalue weighted by Gasteiger charge is -2.21. The molecule has 0 aliphatic carbocycles. The molecular weight excluding hydrogens is 258 g/mol. The van der Waals surface area contributed by atoms with Crippen LogP contribution in [-0.2, 0) is 4.74 Å². The van der Waals surface area contributed by atoms with Gasteiger partial charge in [0.25, 0.3) is 0 Å². The maximum absolute atomic E-state index is 6.32. The van der Waals surface area contributed by atoms with Gasteiger partial charge in [0, 0.05) is 31.3 Å². The molecule has 1 aromatic rings. The Morgan fingerprint density at radius 3 is 2.58 bits per heavy atom. The van der Waals surface area contributed by atoms with Gasteiger partial charge >= 0.3 is 0 Å². The highest BCUT2D eigenvalue weighted by molar-refractivity contribution is 6.31. The van der Waals surface area contributed by atoms with E-state index in [1.165, 1.54) is 12.0 Å². The summed E-state index contributed by atoms with van der Waals surface area (Å²) in [6.45, 7) is 6.17. The lowest BCUT2D eigenvalue weighted by atomic mass is 9.93. The van der Waals surface area contributed by atoms with Crippen molar-refractivity contribution in [2.75, 3.05) is 20.3 Å². The molecular formula is C16H26ClNO. The fraction of sp³-hybridized carbons (Fsp3) is 0.625. The molecule has 0 saturated heterocycles. The molecule has 3 heteroatoms. The van der Waals surface area contributed by atoms with Crippen molar-refractivity contribution in [1.29, 1.82) is 0 Å². The van der Waals surface area contributed by atoms with Crippen molar-refractivity contribution >= 4 is 11.6 Å². The summed E-state index contributed by atoms with van der Waals surface area (Å²) in [5.41, 5.74) is 1.26. The third kappa shape index (κ3) is 6.42. The van der Waals surface area contributed by atoms with Gasteiger partial charge in [-0.1, -0.05) is 50.1 Å². The molecule has 0 heterocycles. The number of rotatable bonds is 9. The van der Waals surface area contributed by atoms with Crippen LogP contribution in [0, 0.1) is 0 Å². The first kappa shape index (κ1) is 16.5. The standard InChI is InChI=1S/C16H26ClNO/c1-13(2)18-12-14(8-6-7-11-19-3)15-9-4-5-10-16(15)17/h4-5,9-10,13-14,18H,6-8,11-12H2,1-3H3. The van der Waals surface area contributed by atoms with E-state index >= 15 is 0 Å². The van der Waals surface area contributed by atoms with Crippen LogP contribution >= 0.6 is 11.6 Å². The zero-order valence-corrected chi connectivity index (χ0v) is 13.0. The first-order chi connectivity index (χ1) is 9.15. The third-order valence-electron chi connectivity index (χ3n) is 3.27. The molecule has 0 bridgehead atoms. The highest BCUT2D eigenvalue weighted by atomic mass is 35.5. The Morgan fingerprint density at radius 1 is 1.21 bits per heavy atom. The van der Waals surface area contributed by atoms with E-state index in [1.54, 1.807) is 7.11 Å². The fourth-order valence-corrected chi connectivity index (χ4v) is 2.48. The zero-order chi connectivity index (χ0) is 14.1. The lowest BCUT2D eigenvalue weighted by molar-refractivity contribution is 0.191. The van der Waals surface area contributed by atoms with Crippen LogP contribution in [0.15, 0.2) is 24.3 Å². The van der Waals surface area contributed by atoms with Crippen molar-refractivity contribution in [3.8, 4) is 0 Å². The molecule has 0 amide bonds. The summed E-state index contributed by atoms with van der Waals surface area (Å²) in [4.78, 5) is 0. The smallest absolute Gasteiger partial charge is 0.0462 e. The van der Waals surface area contributed by atoms with Crippen molar-refractivity contribution < 1.29 is 4.74 Å². The summed E-state index contributed by atoms with van der Waals surface area (Å²) in [7, 11) is 1.76. The van der Waals surface area contributed by atoms with Gasteiger partial charge in [0.2, 0.25) is 0 Å². The second-order valence-electron chi connectivity index (χ2n) is 5.27. The molecule has 0 spiro atoms. The van der Waals surface area contributed by atoms with Gasteiger partial charge in [-0.15, -0.1) is 0 Å². The molecule has 0 aromatic heterocycles. The fourth-order valence-electron chi connectivity index (χ4n) is 2.19. The number of unbranched alkanes of at least 4 members (excludes halogenated alkanes) is 1. The molecule has 0 radical (unpaired) electrons. The minimum absolute atomic E-state index is 0.480. The highest BCUT2D eigenvalue weighted by Crippen LogP contribution is 2.28. The van der Waals surface area contributed by atoms with E-state index in [4.69, 9.17) is 16.3 Å². The highest BCUT2D eigenvalue weighted by Gasteiger charge is 2.14. The maximum atomic E-state index is 6.32. The van der Waals surface area contributed by atoms with Crippen molar-refractivity contribution in [2.24, 2.45) is 0 Å². The Morgan fingerprint density at radius 2 is 1.95 bits per heavy atom. The van der Waals surface area contributed by atoms with E-state index in [2.05, 4.69) is 31.3 Å². The Kier molecular flexibility index (Phi) is 8.11. The van der Waals surface area contributed by atoms with Crippen LogP contribution in [0.4, 0.5) is 0 Å². The Labute approximate surface area is 122 Å². The van der Waals surface area contributed by atoms with Gasteiger partial charge in [-0.25, -0.2) is 0 Å². The van der Waals surface area contributed by atoms with Crippen LogP contribution in [0.5, 0.6) is 0 Å². The largest absolute Gasteiger partial charge is 0.385 e. The number of hydrogen-bond acceptors (Lipinski definition) is 2. The van der Waals surface area contributed by atoms with Crippen LogP contribution < -0.4 is 5.32 Å². The third-order valence-corrected chi connectivity index (χ3v) is 3.61.